The highest BCUT2D eigenvalue weighted by molar-refractivity contribution is 5.86. The molecule has 1 N–H and O–H groups in total. The van der Waals surface area contributed by atoms with Crippen molar-refractivity contribution in [3.8, 4) is 0 Å². The van der Waals surface area contributed by atoms with Crippen LogP contribution in [-0.2, 0) is 4.79 Å². The van der Waals surface area contributed by atoms with E-state index in [0.717, 1.165) is 6.42 Å². The normalized spacial score (nSPS) is 12.2. The number of hydrogen-bond acceptors (Lipinski definition) is 2. The van der Waals surface area contributed by atoms with E-state index in [1.165, 1.54) is 13.8 Å². The molecule has 2 nitrogen and oxygen atoms in total. The molecule has 0 unspecified atom stereocenters. The quantitative estimate of drug-likeness (QED) is 0.677. The van der Waals surface area contributed by atoms with E-state index in [9.17, 15) is 9.90 Å². The smallest absolute Gasteiger partial charge is 0.163 e. The van der Waals surface area contributed by atoms with Gasteiger partial charge >= 0.3 is 0 Å². The first-order chi connectivity index (χ1) is 4.84. The van der Waals surface area contributed by atoms with Gasteiger partial charge in [-0.15, -0.1) is 0 Å². The van der Waals surface area contributed by atoms with Crippen LogP contribution >= 0.6 is 0 Å². The third kappa shape index (κ3) is 4.96. The zero-order chi connectivity index (χ0) is 9.07. The number of aliphatic hydroxyl groups is 1. The summed E-state index contributed by atoms with van der Waals surface area (Å²) in [6, 6.07) is 0. The van der Waals surface area contributed by atoms with Gasteiger partial charge in [-0.1, -0.05) is 13.8 Å². The van der Waals surface area contributed by atoms with Crippen molar-refractivity contribution in [2.24, 2.45) is 5.92 Å². The molecule has 0 heterocycles. The van der Waals surface area contributed by atoms with Crippen molar-refractivity contribution in [1.82, 2.24) is 0 Å². The minimum Gasteiger partial charge on any atom is -0.383 e. The number of ketones is 1. The van der Waals surface area contributed by atoms with E-state index in [-0.39, 0.29) is 5.78 Å². The molecule has 0 saturated heterocycles. The monoisotopic (exact) mass is 158 g/mol. The average molecular weight is 158 g/mol. The first-order valence-electron chi connectivity index (χ1n) is 4.09. The highest BCUT2D eigenvalue weighted by Gasteiger charge is 2.22. The van der Waals surface area contributed by atoms with E-state index in [1.807, 2.05) is 0 Å². The summed E-state index contributed by atoms with van der Waals surface area (Å²) >= 11 is 0. The van der Waals surface area contributed by atoms with Crippen LogP contribution < -0.4 is 0 Å². The molecule has 0 aromatic rings. The van der Waals surface area contributed by atoms with Crippen LogP contribution in [0.5, 0.6) is 0 Å². The van der Waals surface area contributed by atoms with E-state index < -0.39 is 5.60 Å². The lowest BCUT2D eigenvalue weighted by atomic mass is 9.96. The Hall–Kier alpha value is -0.370. The van der Waals surface area contributed by atoms with Gasteiger partial charge in [-0.3, -0.25) is 4.79 Å². The van der Waals surface area contributed by atoms with Crippen molar-refractivity contribution in [2.45, 2.75) is 46.1 Å². The lowest BCUT2D eigenvalue weighted by Gasteiger charge is -2.15. The van der Waals surface area contributed by atoms with Crippen LogP contribution in [0.1, 0.15) is 40.5 Å². The van der Waals surface area contributed by atoms with Gasteiger partial charge in [-0.25, -0.2) is 0 Å². The topological polar surface area (TPSA) is 37.3 Å². The summed E-state index contributed by atoms with van der Waals surface area (Å²) in [5, 5.41) is 9.25. The molecule has 0 rings (SSSR count). The number of hydrogen-bond donors (Lipinski definition) is 1. The zero-order valence-corrected chi connectivity index (χ0v) is 7.85. The van der Waals surface area contributed by atoms with Crippen molar-refractivity contribution in [2.75, 3.05) is 0 Å². The van der Waals surface area contributed by atoms with E-state index in [2.05, 4.69) is 13.8 Å². The Morgan fingerprint density at radius 3 is 2.18 bits per heavy atom. The minimum atomic E-state index is -1.14. The van der Waals surface area contributed by atoms with E-state index in [0.29, 0.717) is 12.3 Å². The van der Waals surface area contributed by atoms with E-state index >= 15 is 0 Å². The molecule has 2 heteroatoms. The van der Waals surface area contributed by atoms with Crippen LogP contribution in [0.15, 0.2) is 0 Å². The third-order valence-electron chi connectivity index (χ3n) is 1.63. The van der Waals surface area contributed by atoms with Gasteiger partial charge in [-0.2, -0.15) is 0 Å². The van der Waals surface area contributed by atoms with Gasteiger partial charge in [0, 0.05) is 6.42 Å². The molecule has 0 aliphatic rings. The molecule has 0 saturated carbocycles. The first-order valence-corrected chi connectivity index (χ1v) is 4.09. The van der Waals surface area contributed by atoms with Crippen molar-refractivity contribution >= 4 is 5.78 Å². The Bertz CT molecular complexity index is 131. The molecule has 0 spiro atoms. The summed E-state index contributed by atoms with van der Waals surface area (Å²) in [7, 11) is 0. The predicted molar refractivity (Wildman–Crippen MR) is 45.4 cm³/mol. The highest BCUT2D eigenvalue weighted by atomic mass is 16.3. The molecule has 66 valence electrons. The largest absolute Gasteiger partial charge is 0.383 e. The maximum Gasteiger partial charge on any atom is 0.163 e. The average Bonchev–Trinajstić information content (AvgIpc) is 1.80. The molecule has 0 aromatic carbocycles. The Labute approximate surface area is 68.6 Å². The van der Waals surface area contributed by atoms with Crippen molar-refractivity contribution < 1.29 is 9.90 Å². The summed E-state index contributed by atoms with van der Waals surface area (Å²) in [4.78, 5) is 11.1. The van der Waals surface area contributed by atoms with Crippen LogP contribution in [0.3, 0.4) is 0 Å². The summed E-state index contributed by atoms with van der Waals surface area (Å²) in [6.45, 7) is 7.21. The second-order valence-corrected chi connectivity index (χ2v) is 3.91. The van der Waals surface area contributed by atoms with Gasteiger partial charge in [-0.05, 0) is 26.2 Å². The molecule has 0 aliphatic carbocycles. The maximum absolute atomic E-state index is 11.1. The van der Waals surface area contributed by atoms with E-state index in [1.54, 1.807) is 0 Å². The van der Waals surface area contributed by atoms with E-state index in [4.69, 9.17) is 0 Å². The summed E-state index contributed by atoms with van der Waals surface area (Å²) in [5.41, 5.74) is -1.14. The van der Waals surface area contributed by atoms with Crippen LogP contribution in [0.4, 0.5) is 0 Å². The highest BCUT2D eigenvalue weighted by Crippen LogP contribution is 2.11. The molecule has 0 fully saturated rings. The fraction of sp³-hybridized carbons (Fsp3) is 0.889. The molecule has 11 heavy (non-hydrogen) atoms. The number of carbonyl (C=O) groups is 1. The molecule has 0 aliphatic heterocycles. The Morgan fingerprint density at radius 1 is 1.45 bits per heavy atom. The number of Topliss-reactive ketones (excluding diaryl/α,β-unsaturated/α-hetero) is 1. The van der Waals surface area contributed by atoms with Crippen LogP contribution in [0.2, 0.25) is 0 Å². The second kappa shape index (κ2) is 3.86. The van der Waals surface area contributed by atoms with Gasteiger partial charge in [0.25, 0.3) is 0 Å². The van der Waals surface area contributed by atoms with Crippen LogP contribution in [-0.4, -0.2) is 16.5 Å². The standard InChI is InChI=1S/C9H18O2/c1-7(2)5-6-8(10)9(3,4)11/h7,11H,5-6H2,1-4H3. The van der Waals surface area contributed by atoms with Gasteiger partial charge in [0.05, 0.1) is 0 Å². The Balaban J connectivity index is 3.71. The summed E-state index contributed by atoms with van der Waals surface area (Å²) in [6.07, 6.45) is 1.35. The molecule has 0 amide bonds. The van der Waals surface area contributed by atoms with Crippen molar-refractivity contribution in [1.29, 1.82) is 0 Å². The molecule has 0 radical (unpaired) electrons. The first kappa shape index (κ1) is 10.6. The number of rotatable bonds is 4. The van der Waals surface area contributed by atoms with Gasteiger partial charge in [0.1, 0.15) is 5.60 Å². The fourth-order valence-electron chi connectivity index (χ4n) is 0.726. The minimum absolute atomic E-state index is 0.0637. The van der Waals surface area contributed by atoms with Gasteiger partial charge < -0.3 is 5.11 Å². The predicted octanol–water partition coefficient (Wildman–Crippen LogP) is 1.76. The van der Waals surface area contributed by atoms with Crippen LogP contribution in [0, 0.1) is 5.92 Å². The molecule has 0 atom stereocenters. The second-order valence-electron chi connectivity index (χ2n) is 3.91. The molecule has 0 aromatic heterocycles. The Morgan fingerprint density at radius 2 is 1.91 bits per heavy atom. The lowest BCUT2D eigenvalue weighted by Crippen LogP contribution is -2.31. The summed E-state index contributed by atoms with van der Waals surface area (Å²) in [5.74, 6) is 0.465. The van der Waals surface area contributed by atoms with Crippen molar-refractivity contribution in [3.05, 3.63) is 0 Å². The maximum atomic E-state index is 11.1. The fourth-order valence-corrected chi connectivity index (χ4v) is 0.726. The molecular weight excluding hydrogens is 140 g/mol. The van der Waals surface area contributed by atoms with Crippen molar-refractivity contribution in [3.63, 3.8) is 0 Å². The van der Waals surface area contributed by atoms with Gasteiger partial charge in [0.2, 0.25) is 0 Å². The number of carbonyl (C=O) groups excluding carboxylic acids is 1. The SMILES string of the molecule is CC(C)CCC(=O)C(C)(C)O. The molecular formula is C9H18O2. The zero-order valence-electron chi connectivity index (χ0n) is 7.85. The Kier molecular flexibility index (Phi) is 3.73. The van der Waals surface area contributed by atoms with Gasteiger partial charge in [0.15, 0.2) is 5.78 Å². The third-order valence-corrected chi connectivity index (χ3v) is 1.63. The molecule has 0 bridgehead atoms. The lowest BCUT2D eigenvalue weighted by molar-refractivity contribution is -0.134. The summed E-state index contributed by atoms with van der Waals surface area (Å²) < 4.78 is 0. The van der Waals surface area contributed by atoms with Crippen LogP contribution in [0.25, 0.3) is 0 Å².